The van der Waals surface area contributed by atoms with Gasteiger partial charge < -0.3 is 9.64 Å². The molecule has 2 aliphatic heterocycles. The molecule has 0 amide bonds. The summed E-state index contributed by atoms with van der Waals surface area (Å²) in [6.07, 6.45) is 3.60. The third kappa shape index (κ3) is 3.72. The van der Waals surface area contributed by atoms with Crippen LogP contribution in [-0.4, -0.2) is 35.9 Å². The Bertz CT molecular complexity index is 1500. The maximum absolute atomic E-state index is 14.3. The Morgan fingerprint density at radius 1 is 1.11 bits per heavy atom. The fraction of sp³-hybridized carbons (Fsp3) is 0.179. The number of ether oxygens (including phenoxy) is 1. The van der Waals surface area contributed by atoms with Crippen LogP contribution in [0.5, 0.6) is 0 Å². The van der Waals surface area contributed by atoms with Gasteiger partial charge in [0.1, 0.15) is 6.04 Å². The molecule has 5 rings (SSSR count). The van der Waals surface area contributed by atoms with E-state index in [4.69, 9.17) is 4.74 Å². The Morgan fingerprint density at radius 2 is 1.84 bits per heavy atom. The second kappa shape index (κ2) is 9.30. The summed E-state index contributed by atoms with van der Waals surface area (Å²) < 4.78 is 5.98. The van der Waals surface area contributed by atoms with Crippen molar-refractivity contribution in [2.75, 3.05) is 12.0 Å². The fourth-order valence-corrected chi connectivity index (χ4v) is 5.79. The molecular weight excluding hydrogens is 538 g/mol. The summed E-state index contributed by atoms with van der Waals surface area (Å²) in [5, 5.41) is 22.1. The van der Waals surface area contributed by atoms with E-state index < -0.39 is 40.1 Å². The minimum atomic E-state index is -1.77. The Kier molecular flexibility index (Phi) is 6.13. The molecule has 0 aliphatic carbocycles. The predicted molar refractivity (Wildman–Crippen MR) is 140 cm³/mol. The van der Waals surface area contributed by atoms with Crippen molar-refractivity contribution >= 4 is 45.1 Å². The minimum Gasteiger partial charge on any atom is -0.468 e. The van der Waals surface area contributed by atoms with Crippen molar-refractivity contribution in [2.24, 2.45) is 5.41 Å². The first kappa shape index (κ1) is 24.4. The van der Waals surface area contributed by atoms with E-state index in [-0.39, 0.29) is 11.3 Å². The van der Waals surface area contributed by atoms with Crippen molar-refractivity contribution < 1.29 is 19.2 Å². The largest absolute Gasteiger partial charge is 0.468 e. The average Bonchev–Trinajstić information content (AvgIpc) is 3.24. The van der Waals surface area contributed by atoms with Crippen LogP contribution < -0.4 is 4.90 Å². The maximum Gasteiger partial charge on any atom is 0.329 e. The summed E-state index contributed by atoms with van der Waals surface area (Å²) >= 11 is 3.42. The highest BCUT2D eigenvalue weighted by Gasteiger charge is 2.67. The lowest BCUT2D eigenvalue weighted by molar-refractivity contribution is -0.384. The molecule has 184 valence electrons. The van der Waals surface area contributed by atoms with Crippen molar-refractivity contribution in [3.63, 3.8) is 0 Å². The van der Waals surface area contributed by atoms with Gasteiger partial charge in [0.2, 0.25) is 0 Å². The van der Waals surface area contributed by atoms with Crippen LogP contribution in [0.25, 0.3) is 6.08 Å². The van der Waals surface area contributed by atoms with E-state index >= 15 is 0 Å². The molecule has 1 fully saturated rings. The van der Waals surface area contributed by atoms with Gasteiger partial charge in [-0.3, -0.25) is 19.7 Å². The summed E-state index contributed by atoms with van der Waals surface area (Å²) in [5.74, 6) is -2.13. The third-order valence-corrected chi connectivity index (χ3v) is 7.62. The molecular formula is C28H20BrN3O5. The van der Waals surface area contributed by atoms with Gasteiger partial charge in [-0.05, 0) is 29.3 Å². The number of para-hydroxylation sites is 1. The van der Waals surface area contributed by atoms with E-state index in [1.54, 1.807) is 35.2 Å². The van der Waals surface area contributed by atoms with E-state index in [9.17, 15) is 25.0 Å². The van der Waals surface area contributed by atoms with Gasteiger partial charge in [0.15, 0.2) is 11.2 Å². The molecule has 37 heavy (non-hydrogen) atoms. The standard InChI is InChI=1S/C28H20BrN3O5/c1-37-27(34)28(16-30)23-14-11-17-5-2-3-8-22(17)31(23)25(24(28)18-9-12-20(29)13-10-18)26(33)19-6-4-7-21(15-19)32(35)36/h2-15,23-25H,1H3. The number of esters is 1. The zero-order chi connectivity index (χ0) is 26.3. The van der Waals surface area contributed by atoms with Gasteiger partial charge in [0.25, 0.3) is 5.69 Å². The number of hydrogen-bond donors (Lipinski definition) is 0. The number of nitro groups is 1. The highest BCUT2D eigenvalue weighted by Crippen LogP contribution is 2.56. The number of non-ortho nitro benzene ring substituents is 1. The van der Waals surface area contributed by atoms with Gasteiger partial charge in [-0.15, -0.1) is 0 Å². The summed E-state index contributed by atoms with van der Waals surface area (Å²) in [7, 11) is 1.22. The number of rotatable bonds is 5. The Balaban J connectivity index is 1.81. The fourth-order valence-electron chi connectivity index (χ4n) is 5.52. The van der Waals surface area contributed by atoms with Gasteiger partial charge in [-0.25, -0.2) is 0 Å². The molecule has 0 spiro atoms. The van der Waals surface area contributed by atoms with Crippen LogP contribution in [0, 0.1) is 26.9 Å². The molecule has 1 saturated heterocycles. The van der Waals surface area contributed by atoms with E-state index in [0.717, 1.165) is 10.0 Å². The topological polar surface area (TPSA) is 114 Å². The van der Waals surface area contributed by atoms with Crippen molar-refractivity contribution in [3.05, 3.63) is 110 Å². The van der Waals surface area contributed by atoms with Crippen molar-refractivity contribution in [2.45, 2.75) is 18.0 Å². The number of fused-ring (bicyclic) bond motifs is 3. The highest BCUT2D eigenvalue weighted by molar-refractivity contribution is 9.10. The number of nitro benzene ring substituents is 1. The number of benzene rings is 3. The molecule has 9 heteroatoms. The number of nitriles is 1. The quantitative estimate of drug-likeness (QED) is 0.181. The predicted octanol–water partition coefficient (Wildman–Crippen LogP) is 5.29. The Labute approximate surface area is 221 Å². The number of Topliss-reactive ketones (excluding diaryl/α,β-unsaturated/α-hetero) is 1. The van der Waals surface area contributed by atoms with Crippen LogP contribution in [0.3, 0.4) is 0 Å². The number of halogens is 1. The van der Waals surface area contributed by atoms with E-state index in [0.29, 0.717) is 11.3 Å². The van der Waals surface area contributed by atoms with Gasteiger partial charge in [-0.2, -0.15) is 5.26 Å². The number of anilines is 1. The smallest absolute Gasteiger partial charge is 0.329 e. The number of ketones is 1. The molecule has 0 bridgehead atoms. The van der Waals surface area contributed by atoms with Gasteiger partial charge in [-0.1, -0.05) is 70.5 Å². The van der Waals surface area contributed by atoms with E-state index in [1.165, 1.54) is 31.4 Å². The average molecular weight is 558 g/mol. The first-order valence-corrected chi connectivity index (χ1v) is 12.2. The number of nitrogens with zero attached hydrogens (tertiary/aromatic N) is 3. The molecule has 0 N–H and O–H groups in total. The second-order valence-corrected chi connectivity index (χ2v) is 9.80. The van der Waals surface area contributed by atoms with Crippen molar-refractivity contribution in [1.82, 2.24) is 0 Å². The summed E-state index contributed by atoms with van der Waals surface area (Å²) in [4.78, 5) is 40.5. The van der Waals surface area contributed by atoms with Crippen LogP contribution >= 0.6 is 15.9 Å². The number of methoxy groups -OCH3 is 1. The van der Waals surface area contributed by atoms with Crippen molar-refractivity contribution in [3.8, 4) is 6.07 Å². The molecule has 0 aromatic heterocycles. The van der Waals surface area contributed by atoms with E-state index in [1.807, 2.05) is 30.3 Å². The van der Waals surface area contributed by atoms with Gasteiger partial charge in [0.05, 0.1) is 24.1 Å². The summed E-state index contributed by atoms with van der Waals surface area (Å²) in [5.41, 5.74) is 0.225. The molecule has 3 aromatic rings. The lowest BCUT2D eigenvalue weighted by Gasteiger charge is -2.36. The Morgan fingerprint density at radius 3 is 2.51 bits per heavy atom. The first-order valence-electron chi connectivity index (χ1n) is 11.4. The van der Waals surface area contributed by atoms with Crippen molar-refractivity contribution in [1.29, 1.82) is 5.26 Å². The molecule has 4 atom stereocenters. The molecule has 2 heterocycles. The lowest BCUT2D eigenvalue weighted by Crippen LogP contribution is -2.46. The molecule has 0 saturated carbocycles. The van der Waals surface area contributed by atoms with Crippen LogP contribution in [0.15, 0.2) is 83.3 Å². The molecule has 2 aliphatic rings. The number of carbonyl (C=O) groups is 2. The second-order valence-electron chi connectivity index (χ2n) is 8.89. The monoisotopic (exact) mass is 557 g/mol. The van der Waals surface area contributed by atoms with Gasteiger partial charge in [0, 0.05) is 33.8 Å². The van der Waals surface area contributed by atoms with Crippen LogP contribution in [-0.2, 0) is 9.53 Å². The van der Waals surface area contributed by atoms with Gasteiger partial charge >= 0.3 is 5.97 Å². The maximum atomic E-state index is 14.3. The minimum absolute atomic E-state index is 0.116. The highest BCUT2D eigenvalue weighted by atomic mass is 79.9. The Hall–Kier alpha value is -4.29. The van der Waals surface area contributed by atoms with Crippen LogP contribution in [0.4, 0.5) is 11.4 Å². The third-order valence-electron chi connectivity index (χ3n) is 7.09. The van der Waals surface area contributed by atoms with Crippen LogP contribution in [0.1, 0.15) is 27.4 Å². The first-order chi connectivity index (χ1) is 17.8. The van der Waals surface area contributed by atoms with Crippen LogP contribution in [0.2, 0.25) is 0 Å². The lowest BCUT2D eigenvalue weighted by atomic mass is 9.68. The normalized spacial score (nSPS) is 23.5. The zero-order valence-electron chi connectivity index (χ0n) is 19.6. The molecule has 8 nitrogen and oxygen atoms in total. The summed E-state index contributed by atoms with van der Waals surface area (Å²) in [6.45, 7) is 0. The number of hydrogen-bond acceptors (Lipinski definition) is 7. The molecule has 4 unspecified atom stereocenters. The zero-order valence-corrected chi connectivity index (χ0v) is 21.2. The summed E-state index contributed by atoms with van der Waals surface area (Å²) in [6, 6.07) is 20.4. The molecule has 0 radical (unpaired) electrons. The van der Waals surface area contributed by atoms with E-state index in [2.05, 4.69) is 22.0 Å². The SMILES string of the molecule is COC(=O)C1(C#N)C(c2ccc(Br)cc2)C(C(=O)c2cccc([N+](=O)[O-])c2)N2c3ccccc3C=CC21. The number of carbonyl (C=O) groups excluding carboxylic acids is 2. The molecule has 3 aromatic carbocycles.